The number of amides is 1. The highest BCUT2D eigenvalue weighted by Gasteiger charge is 2.20. The number of unbranched alkanes of at least 4 members (excludes halogenated alkanes) is 9. The summed E-state index contributed by atoms with van der Waals surface area (Å²) >= 11 is 1.53. The van der Waals surface area contributed by atoms with Crippen molar-refractivity contribution in [3.8, 4) is 0 Å². The molecule has 0 saturated carbocycles. The second kappa shape index (κ2) is 20.8. The van der Waals surface area contributed by atoms with Crippen LogP contribution in [0, 0.1) is 0 Å². The molecule has 0 rings (SSSR count). The van der Waals surface area contributed by atoms with Crippen LogP contribution in [0.4, 0.5) is 0 Å². The normalized spacial score (nSPS) is 14.5. The molecule has 7 heteroatoms. The van der Waals surface area contributed by atoms with E-state index in [1.165, 1.54) is 68.0 Å². The van der Waals surface area contributed by atoms with Crippen molar-refractivity contribution in [3.63, 3.8) is 0 Å². The average Bonchev–Trinajstić information content (AvgIpc) is 2.74. The summed E-state index contributed by atoms with van der Waals surface area (Å²) in [4.78, 5) is 23.3. The Morgan fingerprint density at radius 2 is 1.65 bits per heavy atom. The Morgan fingerprint density at radius 1 is 1.03 bits per heavy atom. The number of thioether (sulfide) groups is 1. The molecular formula is C24H46N2O4S. The number of hydrogen-bond donors (Lipinski definition) is 3. The highest BCUT2D eigenvalue weighted by molar-refractivity contribution is 8.00. The van der Waals surface area contributed by atoms with Gasteiger partial charge in [0.2, 0.25) is 6.41 Å². The minimum Gasteiger partial charge on any atom is -0.481 e. The average molecular weight is 459 g/mol. The van der Waals surface area contributed by atoms with Crippen molar-refractivity contribution in [1.82, 2.24) is 4.90 Å². The number of nitrogens with two attached hydrogens (primary N) is 1. The molecule has 6 nitrogen and oxygen atoms in total. The lowest BCUT2D eigenvalue weighted by atomic mass is 10.1. The third-order valence-electron chi connectivity index (χ3n) is 5.46. The second-order valence-electron chi connectivity index (χ2n) is 8.20. The number of carboxylic acid groups (broad SMARTS) is 1. The van der Waals surface area contributed by atoms with Gasteiger partial charge >= 0.3 is 5.97 Å². The first kappa shape index (κ1) is 29.9. The Morgan fingerprint density at radius 3 is 2.19 bits per heavy atom. The lowest BCUT2D eigenvalue weighted by Crippen LogP contribution is -2.43. The van der Waals surface area contributed by atoms with Gasteiger partial charge in [0.1, 0.15) is 0 Å². The molecule has 0 aliphatic rings. The fourth-order valence-electron chi connectivity index (χ4n) is 3.42. The fourth-order valence-corrected chi connectivity index (χ4v) is 4.61. The lowest BCUT2D eigenvalue weighted by molar-refractivity contribution is -0.137. The number of nitrogens with zero attached hydrogens (tertiary/aromatic N) is 1. The van der Waals surface area contributed by atoms with Gasteiger partial charge in [0.25, 0.3) is 0 Å². The standard InChI is InChI=1S/C24H46N2O4S/c1-3-5-6-7-8-9-10-11-12-13-14-17-22(21(28)16-15-18-24(29)30)31-19-23(25)26(4-2)20-27/h14,17,20-23,28H,3-13,15-16,18-19,25H2,1-2H3,(H,29,30)/b17-14-/t21-,22+,23-/m0/s1. The summed E-state index contributed by atoms with van der Waals surface area (Å²) in [6, 6.07) is 0. The van der Waals surface area contributed by atoms with Gasteiger partial charge in [-0.25, -0.2) is 0 Å². The van der Waals surface area contributed by atoms with E-state index >= 15 is 0 Å². The van der Waals surface area contributed by atoms with Gasteiger partial charge < -0.3 is 20.8 Å². The summed E-state index contributed by atoms with van der Waals surface area (Å²) in [6.07, 6.45) is 17.5. The summed E-state index contributed by atoms with van der Waals surface area (Å²) in [5.74, 6) is -0.320. The molecule has 3 atom stereocenters. The molecule has 182 valence electrons. The maximum absolute atomic E-state index is 11.1. The van der Waals surface area contributed by atoms with E-state index < -0.39 is 18.2 Å². The summed E-state index contributed by atoms with van der Waals surface area (Å²) < 4.78 is 0. The first-order valence-corrected chi connectivity index (χ1v) is 13.2. The second-order valence-corrected chi connectivity index (χ2v) is 9.41. The van der Waals surface area contributed by atoms with Crippen molar-refractivity contribution in [2.75, 3.05) is 12.3 Å². The largest absolute Gasteiger partial charge is 0.481 e. The summed E-state index contributed by atoms with van der Waals surface area (Å²) in [7, 11) is 0. The van der Waals surface area contributed by atoms with E-state index in [0.717, 1.165) is 19.3 Å². The van der Waals surface area contributed by atoms with Crippen molar-refractivity contribution in [1.29, 1.82) is 0 Å². The minimum atomic E-state index is -0.844. The monoisotopic (exact) mass is 458 g/mol. The number of aliphatic hydroxyl groups is 1. The maximum Gasteiger partial charge on any atom is 0.303 e. The zero-order chi connectivity index (χ0) is 23.3. The molecule has 0 radical (unpaired) electrons. The van der Waals surface area contributed by atoms with Crippen molar-refractivity contribution in [2.45, 2.75) is 115 Å². The quantitative estimate of drug-likeness (QED) is 0.0918. The van der Waals surface area contributed by atoms with E-state index in [-0.39, 0.29) is 11.7 Å². The molecular weight excluding hydrogens is 412 g/mol. The smallest absolute Gasteiger partial charge is 0.303 e. The first-order valence-electron chi connectivity index (χ1n) is 12.1. The van der Waals surface area contributed by atoms with Crippen LogP contribution in [0.5, 0.6) is 0 Å². The van der Waals surface area contributed by atoms with Gasteiger partial charge in [0.05, 0.1) is 12.3 Å². The zero-order valence-electron chi connectivity index (χ0n) is 19.7. The molecule has 1 amide bonds. The number of allylic oxidation sites excluding steroid dienone is 1. The van der Waals surface area contributed by atoms with Crippen molar-refractivity contribution < 1.29 is 19.8 Å². The lowest BCUT2D eigenvalue weighted by Gasteiger charge is -2.26. The van der Waals surface area contributed by atoms with Crippen LogP contribution in [0.15, 0.2) is 12.2 Å². The van der Waals surface area contributed by atoms with E-state index in [4.69, 9.17) is 10.8 Å². The molecule has 0 saturated heterocycles. The third-order valence-corrected chi connectivity index (χ3v) is 6.85. The number of carbonyl (C=O) groups is 2. The molecule has 0 aromatic heterocycles. The van der Waals surface area contributed by atoms with Crippen LogP contribution in [-0.2, 0) is 9.59 Å². The molecule has 0 spiro atoms. The van der Waals surface area contributed by atoms with Gasteiger partial charge in [-0.2, -0.15) is 0 Å². The molecule has 0 bridgehead atoms. The summed E-state index contributed by atoms with van der Waals surface area (Å²) in [6.45, 7) is 4.67. The van der Waals surface area contributed by atoms with Crippen LogP contribution in [0.1, 0.15) is 97.3 Å². The van der Waals surface area contributed by atoms with Crippen molar-refractivity contribution in [2.24, 2.45) is 5.73 Å². The van der Waals surface area contributed by atoms with Crippen LogP contribution in [0.3, 0.4) is 0 Å². The number of rotatable bonds is 22. The number of aliphatic carboxylic acids is 1. The molecule has 0 unspecified atom stereocenters. The Hall–Kier alpha value is -1.05. The minimum absolute atomic E-state index is 0.0604. The highest BCUT2D eigenvalue weighted by atomic mass is 32.2. The number of carboxylic acids is 1. The van der Waals surface area contributed by atoms with E-state index in [2.05, 4.69) is 13.0 Å². The van der Waals surface area contributed by atoms with Crippen LogP contribution >= 0.6 is 11.8 Å². The summed E-state index contributed by atoms with van der Waals surface area (Å²) in [5, 5.41) is 19.2. The van der Waals surface area contributed by atoms with Gasteiger partial charge in [-0.05, 0) is 32.6 Å². The molecule has 31 heavy (non-hydrogen) atoms. The van der Waals surface area contributed by atoms with Gasteiger partial charge in [0.15, 0.2) is 0 Å². The van der Waals surface area contributed by atoms with Crippen LogP contribution < -0.4 is 5.73 Å². The molecule has 0 aromatic carbocycles. The van der Waals surface area contributed by atoms with Crippen LogP contribution in [0.2, 0.25) is 0 Å². The fraction of sp³-hybridized carbons (Fsp3) is 0.833. The molecule has 4 N–H and O–H groups in total. The number of aliphatic hydroxyl groups excluding tert-OH is 1. The predicted octanol–water partition coefficient (Wildman–Crippen LogP) is 4.94. The van der Waals surface area contributed by atoms with Gasteiger partial charge in [0, 0.05) is 24.0 Å². The van der Waals surface area contributed by atoms with E-state index in [0.29, 0.717) is 25.1 Å². The SMILES string of the molecule is CCCCCCCCCCC/C=C\[C@@H](SC[C@@H](N)N(C=O)CC)[C@@H](O)CCCC(=O)O. The Balaban J connectivity index is 4.35. The van der Waals surface area contributed by atoms with E-state index in [9.17, 15) is 14.7 Å². The Bertz CT molecular complexity index is 476. The van der Waals surface area contributed by atoms with Crippen molar-refractivity contribution >= 4 is 24.1 Å². The Labute approximate surface area is 194 Å². The molecule has 0 aliphatic carbocycles. The van der Waals surface area contributed by atoms with Gasteiger partial charge in [-0.1, -0.05) is 70.4 Å². The molecule has 0 aliphatic heterocycles. The van der Waals surface area contributed by atoms with E-state index in [1.54, 1.807) is 0 Å². The first-order chi connectivity index (χ1) is 15.0. The van der Waals surface area contributed by atoms with Gasteiger partial charge in [-0.3, -0.25) is 9.59 Å². The zero-order valence-corrected chi connectivity index (χ0v) is 20.5. The van der Waals surface area contributed by atoms with Gasteiger partial charge in [-0.15, -0.1) is 11.8 Å². The number of carbonyl (C=O) groups excluding carboxylic acids is 1. The topological polar surface area (TPSA) is 104 Å². The molecule has 0 heterocycles. The number of hydrogen-bond acceptors (Lipinski definition) is 5. The van der Waals surface area contributed by atoms with Crippen LogP contribution in [-0.4, -0.2) is 57.3 Å². The molecule has 0 fully saturated rings. The maximum atomic E-state index is 11.1. The summed E-state index contributed by atoms with van der Waals surface area (Å²) in [5.41, 5.74) is 6.08. The van der Waals surface area contributed by atoms with Crippen LogP contribution in [0.25, 0.3) is 0 Å². The van der Waals surface area contributed by atoms with Crippen molar-refractivity contribution in [3.05, 3.63) is 12.2 Å². The van der Waals surface area contributed by atoms with E-state index in [1.807, 2.05) is 13.0 Å². The predicted molar refractivity (Wildman–Crippen MR) is 131 cm³/mol. The highest BCUT2D eigenvalue weighted by Crippen LogP contribution is 2.22. The molecule has 0 aromatic rings. The third kappa shape index (κ3) is 17.2. The Kier molecular flexibility index (Phi) is 20.1.